The van der Waals surface area contributed by atoms with Crippen molar-refractivity contribution >= 4 is 20.0 Å². The minimum atomic E-state index is -3.87. The highest BCUT2D eigenvalue weighted by Gasteiger charge is 2.22. The fourth-order valence-corrected chi connectivity index (χ4v) is 4.91. The van der Waals surface area contributed by atoms with Gasteiger partial charge in [0.1, 0.15) is 0 Å². The van der Waals surface area contributed by atoms with Crippen molar-refractivity contribution in [1.82, 2.24) is 4.72 Å². The number of benzene rings is 3. The first-order valence-electron chi connectivity index (χ1n) is 8.48. The van der Waals surface area contributed by atoms with E-state index in [0.29, 0.717) is 11.1 Å². The maximum atomic E-state index is 13.0. The van der Waals surface area contributed by atoms with Crippen LogP contribution in [0.5, 0.6) is 0 Å². The van der Waals surface area contributed by atoms with Crippen molar-refractivity contribution < 1.29 is 16.8 Å². The molecular formula is C20H20N2O4S2. The maximum Gasteiger partial charge on any atom is 0.241 e. The quantitative estimate of drug-likeness (QED) is 0.644. The highest BCUT2D eigenvalue weighted by atomic mass is 32.2. The van der Waals surface area contributed by atoms with Crippen LogP contribution < -0.4 is 9.86 Å². The van der Waals surface area contributed by atoms with E-state index in [0.717, 1.165) is 5.56 Å². The minimum Gasteiger partial charge on any atom is -0.225 e. The molecule has 0 aliphatic rings. The summed E-state index contributed by atoms with van der Waals surface area (Å²) in [5, 5.41) is 5.16. The summed E-state index contributed by atoms with van der Waals surface area (Å²) in [7, 11) is -7.74. The lowest BCUT2D eigenvalue weighted by atomic mass is 10.1. The molecule has 1 atom stereocenters. The van der Waals surface area contributed by atoms with E-state index in [9.17, 15) is 16.8 Å². The van der Waals surface area contributed by atoms with E-state index in [4.69, 9.17) is 5.14 Å². The lowest BCUT2D eigenvalue weighted by Crippen LogP contribution is -2.27. The van der Waals surface area contributed by atoms with E-state index >= 15 is 0 Å². The van der Waals surface area contributed by atoms with Gasteiger partial charge in [-0.15, -0.1) is 0 Å². The second kappa shape index (κ2) is 7.84. The predicted octanol–water partition coefficient (Wildman–Crippen LogP) is 3.04. The smallest absolute Gasteiger partial charge is 0.225 e. The van der Waals surface area contributed by atoms with Gasteiger partial charge in [-0.2, -0.15) is 0 Å². The van der Waals surface area contributed by atoms with Gasteiger partial charge in [0.25, 0.3) is 0 Å². The molecule has 1 unspecified atom stereocenters. The Morgan fingerprint density at radius 2 is 1.46 bits per heavy atom. The molecule has 0 radical (unpaired) electrons. The van der Waals surface area contributed by atoms with Crippen molar-refractivity contribution in [3.63, 3.8) is 0 Å². The van der Waals surface area contributed by atoms with E-state index in [1.165, 1.54) is 24.3 Å². The highest BCUT2D eigenvalue weighted by Crippen LogP contribution is 2.28. The van der Waals surface area contributed by atoms with Gasteiger partial charge in [-0.05, 0) is 36.2 Å². The zero-order chi connectivity index (χ0) is 20.4. The van der Waals surface area contributed by atoms with E-state index < -0.39 is 26.1 Å². The summed E-state index contributed by atoms with van der Waals surface area (Å²) in [5.41, 5.74) is 1.86. The molecule has 6 nitrogen and oxygen atoms in total. The maximum absolute atomic E-state index is 13.0. The summed E-state index contributed by atoms with van der Waals surface area (Å²) in [6, 6.07) is 21.2. The topological polar surface area (TPSA) is 106 Å². The van der Waals surface area contributed by atoms with Crippen molar-refractivity contribution in [3.8, 4) is 11.1 Å². The first-order valence-corrected chi connectivity index (χ1v) is 11.5. The largest absolute Gasteiger partial charge is 0.241 e. The van der Waals surface area contributed by atoms with E-state index in [1.54, 1.807) is 31.2 Å². The number of sulfonamides is 2. The fraction of sp³-hybridized carbons (Fsp3) is 0.100. The van der Waals surface area contributed by atoms with Crippen molar-refractivity contribution in [2.45, 2.75) is 22.8 Å². The fourth-order valence-electron chi connectivity index (χ4n) is 2.88. The van der Waals surface area contributed by atoms with Gasteiger partial charge >= 0.3 is 0 Å². The Balaban J connectivity index is 1.96. The average Bonchev–Trinajstić information content (AvgIpc) is 2.68. The summed E-state index contributed by atoms with van der Waals surface area (Å²) < 4.78 is 51.8. The third kappa shape index (κ3) is 4.48. The van der Waals surface area contributed by atoms with E-state index in [2.05, 4.69) is 4.72 Å². The average molecular weight is 417 g/mol. The third-order valence-electron chi connectivity index (χ3n) is 4.28. The van der Waals surface area contributed by atoms with Crippen molar-refractivity contribution in [2.24, 2.45) is 5.14 Å². The molecule has 0 amide bonds. The number of nitrogens with one attached hydrogen (secondary N) is 1. The van der Waals surface area contributed by atoms with Crippen LogP contribution in [0.1, 0.15) is 18.5 Å². The molecule has 0 bridgehead atoms. The molecule has 0 spiro atoms. The van der Waals surface area contributed by atoms with Crippen molar-refractivity contribution in [2.75, 3.05) is 0 Å². The first-order chi connectivity index (χ1) is 13.2. The highest BCUT2D eigenvalue weighted by molar-refractivity contribution is 7.89. The lowest BCUT2D eigenvalue weighted by Gasteiger charge is -2.17. The summed E-state index contributed by atoms with van der Waals surface area (Å²) in [4.78, 5) is 0.0800. The monoisotopic (exact) mass is 416 g/mol. The molecule has 0 heterocycles. The molecule has 8 heteroatoms. The van der Waals surface area contributed by atoms with Crippen LogP contribution in [0.25, 0.3) is 11.1 Å². The second-order valence-electron chi connectivity index (χ2n) is 6.32. The molecule has 28 heavy (non-hydrogen) atoms. The van der Waals surface area contributed by atoms with Crippen LogP contribution in [0.15, 0.2) is 88.7 Å². The molecule has 0 saturated heterocycles. The van der Waals surface area contributed by atoms with E-state index in [-0.39, 0.29) is 9.79 Å². The summed E-state index contributed by atoms with van der Waals surface area (Å²) in [6.45, 7) is 1.64. The van der Waals surface area contributed by atoms with Gasteiger partial charge in [0, 0.05) is 11.6 Å². The molecule has 3 N–H and O–H groups in total. The number of hydrogen-bond donors (Lipinski definition) is 2. The van der Waals surface area contributed by atoms with Crippen molar-refractivity contribution in [1.29, 1.82) is 0 Å². The Morgan fingerprint density at radius 3 is 2.14 bits per heavy atom. The molecule has 0 aliphatic heterocycles. The van der Waals surface area contributed by atoms with Gasteiger partial charge in [-0.1, -0.05) is 60.7 Å². The van der Waals surface area contributed by atoms with Gasteiger partial charge in [0.05, 0.1) is 9.79 Å². The Bertz CT molecular complexity index is 1190. The van der Waals surface area contributed by atoms with Crippen LogP contribution in [-0.2, 0) is 20.0 Å². The normalized spacial score (nSPS) is 13.2. The standard InChI is InChI=1S/C20H20N2O4S2/c1-15(17-10-7-11-18(14-17)27(21,23)24)22-28(25,26)20-13-6-5-12-19(20)16-8-3-2-4-9-16/h2-15,22H,1H3,(H2,21,23,24). The Kier molecular flexibility index (Phi) is 5.66. The van der Waals surface area contributed by atoms with Crippen LogP contribution >= 0.6 is 0 Å². The predicted molar refractivity (Wildman–Crippen MR) is 108 cm³/mol. The van der Waals surface area contributed by atoms with Crippen LogP contribution in [0.2, 0.25) is 0 Å². The SMILES string of the molecule is CC(NS(=O)(=O)c1ccccc1-c1ccccc1)c1cccc(S(N)(=O)=O)c1. The lowest BCUT2D eigenvalue weighted by molar-refractivity contribution is 0.567. The van der Waals surface area contributed by atoms with Gasteiger partial charge in [-0.25, -0.2) is 26.7 Å². The van der Waals surface area contributed by atoms with Crippen LogP contribution in [0.4, 0.5) is 0 Å². The third-order valence-corrected chi connectivity index (χ3v) is 6.79. The molecule has 0 fully saturated rings. The van der Waals surface area contributed by atoms with E-state index in [1.807, 2.05) is 30.3 Å². The number of rotatable bonds is 6. The van der Waals surface area contributed by atoms with Gasteiger partial charge in [-0.3, -0.25) is 0 Å². The molecule has 0 aliphatic carbocycles. The Morgan fingerprint density at radius 1 is 0.821 bits per heavy atom. The molecule has 0 saturated carbocycles. The summed E-state index contributed by atoms with van der Waals surface area (Å²) >= 11 is 0. The molecule has 0 aromatic heterocycles. The number of primary sulfonamides is 1. The molecule has 3 rings (SSSR count). The van der Waals surface area contributed by atoms with Crippen LogP contribution in [0.3, 0.4) is 0 Å². The molecule has 3 aromatic carbocycles. The van der Waals surface area contributed by atoms with Crippen molar-refractivity contribution in [3.05, 3.63) is 84.4 Å². The van der Waals surface area contributed by atoms with Crippen LogP contribution in [0, 0.1) is 0 Å². The molecular weight excluding hydrogens is 396 g/mol. The Labute approximate surface area is 165 Å². The zero-order valence-corrected chi connectivity index (χ0v) is 16.7. The number of nitrogens with two attached hydrogens (primary N) is 1. The van der Waals surface area contributed by atoms with Gasteiger partial charge in [0.2, 0.25) is 20.0 Å². The minimum absolute atomic E-state index is 0.0688. The van der Waals surface area contributed by atoms with Gasteiger partial charge in [0.15, 0.2) is 0 Å². The molecule has 3 aromatic rings. The van der Waals surface area contributed by atoms with Gasteiger partial charge < -0.3 is 0 Å². The Hall–Kier alpha value is -2.52. The molecule has 146 valence electrons. The van der Waals surface area contributed by atoms with Crippen LogP contribution in [-0.4, -0.2) is 16.8 Å². The zero-order valence-electron chi connectivity index (χ0n) is 15.1. The summed E-state index contributed by atoms with van der Waals surface area (Å²) in [6.07, 6.45) is 0. The first kappa shape index (κ1) is 20.2. The summed E-state index contributed by atoms with van der Waals surface area (Å²) in [5.74, 6) is 0. The number of hydrogen-bond acceptors (Lipinski definition) is 4. The second-order valence-corrected chi connectivity index (χ2v) is 9.57.